The Labute approximate surface area is 94.9 Å². The molecule has 0 aliphatic heterocycles. The van der Waals surface area contributed by atoms with Gasteiger partial charge in [-0.15, -0.1) is 0 Å². The molecule has 0 amide bonds. The second-order valence-electron chi connectivity index (χ2n) is 3.74. The molecule has 0 saturated carbocycles. The lowest BCUT2D eigenvalue weighted by Gasteiger charge is -2.10. The maximum Gasteiger partial charge on any atom is 0.126 e. The minimum Gasteiger partial charge on any atom is -0.393 e. The van der Waals surface area contributed by atoms with Gasteiger partial charge in [-0.3, -0.25) is 0 Å². The van der Waals surface area contributed by atoms with E-state index in [-0.39, 0.29) is 5.82 Å². The van der Waals surface area contributed by atoms with Gasteiger partial charge >= 0.3 is 0 Å². The second kappa shape index (κ2) is 6.09. The van der Waals surface area contributed by atoms with Crippen LogP contribution < -0.4 is 0 Å². The third-order valence-electron chi connectivity index (χ3n) is 2.35. The van der Waals surface area contributed by atoms with E-state index in [9.17, 15) is 9.50 Å². The first-order valence-corrected chi connectivity index (χ1v) is 5.63. The first kappa shape index (κ1) is 12.5. The van der Waals surface area contributed by atoms with Crippen LogP contribution in [0, 0.1) is 5.82 Å². The van der Waals surface area contributed by atoms with Crippen LogP contribution in [-0.2, 0) is 6.42 Å². The van der Waals surface area contributed by atoms with E-state index in [0.29, 0.717) is 23.4 Å². The summed E-state index contributed by atoms with van der Waals surface area (Å²) in [7, 11) is 0. The molecular weight excluding hydrogens is 215 g/mol. The quantitative estimate of drug-likeness (QED) is 0.820. The Balaban J connectivity index is 2.59. The van der Waals surface area contributed by atoms with E-state index in [1.165, 1.54) is 12.1 Å². The molecule has 1 aromatic rings. The van der Waals surface area contributed by atoms with Gasteiger partial charge in [0.2, 0.25) is 0 Å². The molecule has 0 aliphatic rings. The number of aliphatic hydroxyl groups is 1. The highest BCUT2D eigenvalue weighted by Crippen LogP contribution is 2.17. The van der Waals surface area contributed by atoms with Crippen molar-refractivity contribution in [2.45, 2.75) is 38.7 Å². The predicted molar refractivity (Wildman–Crippen MR) is 60.6 cm³/mol. The highest BCUT2D eigenvalue weighted by atomic mass is 35.5. The van der Waals surface area contributed by atoms with Crippen molar-refractivity contribution in [1.29, 1.82) is 0 Å². The van der Waals surface area contributed by atoms with Crippen molar-refractivity contribution in [3.8, 4) is 0 Å². The lowest BCUT2D eigenvalue weighted by Crippen LogP contribution is -2.11. The van der Waals surface area contributed by atoms with Gasteiger partial charge in [-0.1, -0.05) is 31.4 Å². The maximum absolute atomic E-state index is 13.3. The fraction of sp³-hybridized carbons (Fsp3) is 0.500. The fourth-order valence-electron chi connectivity index (χ4n) is 1.50. The summed E-state index contributed by atoms with van der Waals surface area (Å²) >= 11 is 5.76. The Morgan fingerprint density at radius 2 is 2.20 bits per heavy atom. The lowest BCUT2D eigenvalue weighted by atomic mass is 10.0. The molecule has 0 radical (unpaired) electrons. The topological polar surface area (TPSA) is 20.2 Å². The summed E-state index contributed by atoms with van der Waals surface area (Å²) < 4.78 is 13.3. The average Bonchev–Trinajstić information content (AvgIpc) is 2.20. The van der Waals surface area contributed by atoms with E-state index in [0.717, 1.165) is 12.8 Å². The summed E-state index contributed by atoms with van der Waals surface area (Å²) in [5.74, 6) is -0.296. The summed E-state index contributed by atoms with van der Waals surface area (Å²) in [6, 6.07) is 4.43. The fourth-order valence-corrected chi connectivity index (χ4v) is 1.69. The largest absolute Gasteiger partial charge is 0.393 e. The summed E-state index contributed by atoms with van der Waals surface area (Å²) in [4.78, 5) is 0. The first-order valence-electron chi connectivity index (χ1n) is 5.25. The molecule has 3 heteroatoms. The third kappa shape index (κ3) is 4.18. The van der Waals surface area contributed by atoms with Crippen molar-refractivity contribution in [1.82, 2.24) is 0 Å². The Bertz CT molecular complexity index is 314. The van der Waals surface area contributed by atoms with Crippen LogP contribution in [0.25, 0.3) is 0 Å². The number of halogens is 2. The molecule has 0 aliphatic carbocycles. The minimum absolute atomic E-state index is 0.296. The molecule has 0 bridgehead atoms. The van der Waals surface area contributed by atoms with Gasteiger partial charge in [0, 0.05) is 11.4 Å². The first-order chi connectivity index (χ1) is 7.13. The zero-order valence-corrected chi connectivity index (χ0v) is 9.60. The van der Waals surface area contributed by atoms with Crippen molar-refractivity contribution < 1.29 is 9.50 Å². The van der Waals surface area contributed by atoms with Crippen molar-refractivity contribution in [3.05, 3.63) is 34.6 Å². The average molecular weight is 231 g/mol. The number of rotatable bonds is 5. The molecule has 1 rings (SSSR count). The Morgan fingerprint density at radius 3 is 2.87 bits per heavy atom. The monoisotopic (exact) mass is 230 g/mol. The molecular formula is C12H16ClFO. The van der Waals surface area contributed by atoms with E-state index >= 15 is 0 Å². The normalized spacial score (nSPS) is 12.8. The molecule has 0 heterocycles. The maximum atomic E-state index is 13.3. The van der Waals surface area contributed by atoms with Crippen LogP contribution in [0.4, 0.5) is 4.39 Å². The van der Waals surface area contributed by atoms with Crippen molar-refractivity contribution in [2.24, 2.45) is 0 Å². The number of hydrogen-bond acceptors (Lipinski definition) is 1. The summed E-state index contributed by atoms with van der Waals surface area (Å²) in [5, 5.41) is 10.1. The van der Waals surface area contributed by atoms with Crippen LogP contribution in [0.3, 0.4) is 0 Å². The number of unbranched alkanes of at least 4 members (excludes halogenated alkanes) is 1. The van der Waals surface area contributed by atoms with Gasteiger partial charge in [0.25, 0.3) is 0 Å². The highest BCUT2D eigenvalue weighted by molar-refractivity contribution is 6.30. The number of aliphatic hydroxyl groups excluding tert-OH is 1. The Kier molecular flexibility index (Phi) is 5.06. The SMILES string of the molecule is CCCCC(O)Cc1cc(Cl)ccc1F. The van der Waals surface area contributed by atoms with Crippen LogP contribution in [-0.4, -0.2) is 11.2 Å². The van der Waals surface area contributed by atoms with Crippen molar-refractivity contribution >= 4 is 11.6 Å². The Morgan fingerprint density at radius 1 is 1.47 bits per heavy atom. The van der Waals surface area contributed by atoms with Crippen LogP contribution >= 0.6 is 11.6 Å². The van der Waals surface area contributed by atoms with Gasteiger partial charge in [0.15, 0.2) is 0 Å². The molecule has 84 valence electrons. The van der Waals surface area contributed by atoms with E-state index in [1.54, 1.807) is 6.07 Å². The van der Waals surface area contributed by atoms with E-state index < -0.39 is 6.10 Å². The van der Waals surface area contributed by atoms with Crippen molar-refractivity contribution in [3.63, 3.8) is 0 Å². The van der Waals surface area contributed by atoms with Gasteiger partial charge in [-0.25, -0.2) is 4.39 Å². The Hall–Kier alpha value is -0.600. The lowest BCUT2D eigenvalue weighted by molar-refractivity contribution is 0.160. The molecule has 1 atom stereocenters. The van der Waals surface area contributed by atoms with E-state index in [2.05, 4.69) is 6.92 Å². The van der Waals surface area contributed by atoms with Crippen molar-refractivity contribution in [2.75, 3.05) is 0 Å². The van der Waals surface area contributed by atoms with Gasteiger partial charge < -0.3 is 5.11 Å². The van der Waals surface area contributed by atoms with Gasteiger partial charge in [0.05, 0.1) is 6.10 Å². The van der Waals surface area contributed by atoms with Crippen LogP contribution in [0.1, 0.15) is 31.7 Å². The molecule has 0 fully saturated rings. The molecule has 1 nitrogen and oxygen atoms in total. The summed E-state index contributed by atoms with van der Waals surface area (Å²) in [6.45, 7) is 2.06. The molecule has 1 aromatic carbocycles. The highest BCUT2D eigenvalue weighted by Gasteiger charge is 2.09. The van der Waals surface area contributed by atoms with E-state index in [1.807, 2.05) is 0 Å². The second-order valence-corrected chi connectivity index (χ2v) is 4.17. The minimum atomic E-state index is -0.474. The molecule has 1 N–H and O–H groups in total. The van der Waals surface area contributed by atoms with Crippen LogP contribution in [0.5, 0.6) is 0 Å². The summed E-state index contributed by atoms with van der Waals surface area (Å²) in [5.41, 5.74) is 0.492. The van der Waals surface area contributed by atoms with Gasteiger partial charge in [-0.2, -0.15) is 0 Å². The number of hydrogen-bond donors (Lipinski definition) is 1. The number of benzene rings is 1. The molecule has 1 unspecified atom stereocenters. The van der Waals surface area contributed by atoms with Gasteiger partial charge in [0.1, 0.15) is 5.82 Å². The van der Waals surface area contributed by atoms with E-state index in [4.69, 9.17) is 11.6 Å². The molecule has 15 heavy (non-hydrogen) atoms. The standard InChI is InChI=1S/C12H16ClFO/c1-2-3-4-11(15)8-9-7-10(13)5-6-12(9)14/h5-7,11,15H,2-4,8H2,1H3. The predicted octanol–water partition coefficient (Wildman–Crippen LogP) is 3.57. The molecule has 0 saturated heterocycles. The van der Waals surface area contributed by atoms with Crippen LogP contribution in [0.2, 0.25) is 5.02 Å². The summed E-state index contributed by atoms with van der Waals surface area (Å²) in [6.07, 6.45) is 2.57. The smallest absolute Gasteiger partial charge is 0.126 e. The third-order valence-corrected chi connectivity index (χ3v) is 2.59. The molecule has 0 aromatic heterocycles. The zero-order valence-electron chi connectivity index (χ0n) is 8.84. The van der Waals surface area contributed by atoms with Gasteiger partial charge in [-0.05, 0) is 30.2 Å². The molecule has 0 spiro atoms. The van der Waals surface area contributed by atoms with Crippen LogP contribution in [0.15, 0.2) is 18.2 Å². The zero-order chi connectivity index (χ0) is 11.3.